The highest BCUT2D eigenvalue weighted by molar-refractivity contribution is 7.99. The molecule has 10 heteroatoms. The first-order chi connectivity index (χ1) is 14.4. The van der Waals surface area contributed by atoms with Crippen LogP contribution in [0.3, 0.4) is 0 Å². The van der Waals surface area contributed by atoms with E-state index in [4.69, 9.17) is 0 Å². The van der Waals surface area contributed by atoms with Gasteiger partial charge in [0.05, 0.1) is 17.8 Å². The van der Waals surface area contributed by atoms with Gasteiger partial charge in [0.15, 0.2) is 5.16 Å². The summed E-state index contributed by atoms with van der Waals surface area (Å²) >= 11 is 2.67. The number of aromatic amines is 1. The molecule has 0 aliphatic heterocycles. The highest BCUT2D eigenvalue weighted by Gasteiger charge is 2.15. The van der Waals surface area contributed by atoms with Crippen LogP contribution < -0.4 is 5.56 Å². The van der Waals surface area contributed by atoms with E-state index in [1.807, 2.05) is 16.0 Å². The lowest BCUT2D eigenvalue weighted by Crippen LogP contribution is -2.29. The normalized spacial score (nSPS) is 11.2. The summed E-state index contributed by atoms with van der Waals surface area (Å²) < 4.78 is 2.46. The van der Waals surface area contributed by atoms with Gasteiger partial charge in [-0.05, 0) is 48.6 Å². The molecule has 0 unspecified atom stereocenters. The van der Waals surface area contributed by atoms with Gasteiger partial charge in [-0.25, -0.2) is 4.98 Å². The van der Waals surface area contributed by atoms with Crippen LogP contribution in [0.5, 0.6) is 0 Å². The largest absolute Gasteiger partial charge is 0.338 e. The van der Waals surface area contributed by atoms with Crippen molar-refractivity contribution in [1.82, 2.24) is 29.6 Å². The molecule has 1 N–H and O–H groups in total. The van der Waals surface area contributed by atoms with Gasteiger partial charge in [-0.15, -0.1) is 21.5 Å². The molecule has 0 aliphatic rings. The minimum atomic E-state index is -0.179. The van der Waals surface area contributed by atoms with Crippen molar-refractivity contribution in [3.05, 3.63) is 63.3 Å². The standard InChI is InChI=1S/C20H20N6O2S2/c1-12-4-5-14(8-13(12)2)26-11-21-24-20(26)30-10-17(27)25(3)9-16-22-15-6-7-29-18(15)19(28)23-16/h4-8,11H,9-10H2,1-3H3,(H,22,23,28). The van der Waals surface area contributed by atoms with Gasteiger partial charge in [0.1, 0.15) is 16.9 Å². The quantitative estimate of drug-likeness (QED) is 0.463. The molecule has 4 aromatic rings. The van der Waals surface area contributed by atoms with Crippen LogP contribution in [-0.2, 0) is 11.3 Å². The van der Waals surface area contributed by atoms with Crippen molar-refractivity contribution >= 4 is 39.2 Å². The van der Waals surface area contributed by atoms with Gasteiger partial charge in [-0.3, -0.25) is 14.2 Å². The van der Waals surface area contributed by atoms with Gasteiger partial charge in [0.2, 0.25) is 5.91 Å². The van der Waals surface area contributed by atoms with Crippen molar-refractivity contribution < 1.29 is 4.79 Å². The molecule has 0 fully saturated rings. The van der Waals surface area contributed by atoms with Crippen molar-refractivity contribution in [3.8, 4) is 5.69 Å². The monoisotopic (exact) mass is 440 g/mol. The number of hydrogen-bond donors (Lipinski definition) is 1. The Balaban J connectivity index is 1.42. The number of carbonyl (C=O) groups excluding carboxylic acids is 1. The van der Waals surface area contributed by atoms with E-state index in [-0.39, 0.29) is 23.8 Å². The van der Waals surface area contributed by atoms with Crippen molar-refractivity contribution in [2.75, 3.05) is 12.8 Å². The van der Waals surface area contributed by atoms with Crippen LogP contribution in [0.4, 0.5) is 0 Å². The third kappa shape index (κ3) is 4.14. The van der Waals surface area contributed by atoms with Crippen LogP contribution in [0.15, 0.2) is 45.9 Å². The van der Waals surface area contributed by atoms with Gasteiger partial charge >= 0.3 is 0 Å². The van der Waals surface area contributed by atoms with Crippen molar-refractivity contribution in [2.45, 2.75) is 25.5 Å². The van der Waals surface area contributed by atoms with Crippen molar-refractivity contribution in [1.29, 1.82) is 0 Å². The lowest BCUT2D eigenvalue weighted by molar-refractivity contribution is -0.127. The summed E-state index contributed by atoms with van der Waals surface area (Å²) in [6.45, 7) is 4.35. The van der Waals surface area contributed by atoms with Gasteiger partial charge in [-0.1, -0.05) is 17.8 Å². The van der Waals surface area contributed by atoms with Gasteiger partial charge in [0.25, 0.3) is 5.56 Å². The summed E-state index contributed by atoms with van der Waals surface area (Å²) in [5, 5.41) is 10.6. The Kier molecular flexibility index (Phi) is 5.69. The number of carbonyl (C=O) groups is 1. The number of rotatable bonds is 6. The van der Waals surface area contributed by atoms with E-state index >= 15 is 0 Å². The molecule has 0 bridgehead atoms. The van der Waals surface area contributed by atoms with Crippen molar-refractivity contribution in [3.63, 3.8) is 0 Å². The molecular weight excluding hydrogens is 420 g/mol. The minimum Gasteiger partial charge on any atom is -0.338 e. The van der Waals surface area contributed by atoms with Crippen LogP contribution in [0, 0.1) is 13.8 Å². The maximum atomic E-state index is 12.6. The van der Waals surface area contributed by atoms with E-state index in [1.54, 1.807) is 24.3 Å². The molecular formula is C20H20N6O2S2. The summed E-state index contributed by atoms with van der Waals surface area (Å²) in [4.78, 5) is 33.4. The summed E-state index contributed by atoms with van der Waals surface area (Å²) in [5.41, 5.74) is 3.82. The lowest BCUT2D eigenvalue weighted by atomic mass is 10.1. The number of aromatic nitrogens is 5. The molecule has 1 aromatic carbocycles. The molecule has 8 nitrogen and oxygen atoms in total. The average molecular weight is 441 g/mol. The molecule has 1 amide bonds. The number of fused-ring (bicyclic) bond motifs is 1. The Morgan fingerprint density at radius 2 is 2.10 bits per heavy atom. The number of aryl methyl sites for hydroxylation is 2. The van der Waals surface area contributed by atoms with Gasteiger partial charge < -0.3 is 9.88 Å². The highest BCUT2D eigenvalue weighted by atomic mass is 32.2. The zero-order valence-electron chi connectivity index (χ0n) is 16.7. The third-order valence-electron chi connectivity index (χ3n) is 4.79. The van der Waals surface area contributed by atoms with E-state index < -0.39 is 0 Å². The molecule has 0 spiro atoms. The Labute approximate surface area is 181 Å². The maximum Gasteiger partial charge on any atom is 0.268 e. The Bertz CT molecular complexity index is 1280. The fourth-order valence-electron chi connectivity index (χ4n) is 2.92. The molecule has 154 valence electrons. The second-order valence-corrected chi connectivity index (χ2v) is 8.80. The smallest absolute Gasteiger partial charge is 0.268 e. The molecule has 0 aliphatic carbocycles. The highest BCUT2D eigenvalue weighted by Crippen LogP contribution is 2.22. The summed E-state index contributed by atoms with van der Waals surface area (Å²) in [7, 11) is 1.69. The summed E-state index contributed by atoms with van der Waals surface area (Å²) in [6.07, 6.45) is 1.64. The van der Waals surface area contributed by atoms with E-state index in [0.29, 0.717) is 21.2 Å². The fourth-order valence-corrected chi connectivity index (χ4v) is 4.52. The van der Waals surface area contributed by atoms with Crippen LogP contribution in [0.1, 0.15) is 17.0 Å². The van der Waals surface area contributed by atoms with E-state index in [1.165, 1.54) is 34.2 Å². The Morgan fingerprint density at radius 1 is 1.27 bits per heavy atom. The molecule has 30 heavy (non-hydrogen) atoms. The topological polar surface area (TPSA) is 96.8 Å². The van der Waals surface area contributed by atoms with Crippen LogP contribution in [-0.4, -0.2) is 48.3 Å². The predicted molar refractivity (Wildman–Crippen MR) is 118 cm³/mol. The second-order valence-electron chi connectivity index (χ2n) is 6.94. The van der Waals surface area contributed by atoms with Crippen LogP contribution >= 0.6 is 23.1 Å². The third-order valence-corrected chi connectivity index (χ3v) is 6.62. The molecule has 0 saturated heterocycles. The SMILES string of the molecule is Cc1ccc(-n2cnnc2SCC(=O)N(C)Cc2nc3ccsc3c(=O)[nH]2)cc1C. The molecule has 3 heterocycles. The Hall–Kier alpha value is -2.98. The van der Waals surface area contributed by atoms with E-state index in [0.717, 1.165) is 5.69 Å². The van der Waals surface area contributed by atoms with Gasteiger partial charge in [0, 0.05) is 12.7 Å². The fraction of sp³-hybridized carbons (Fsp3) is 0.250. The number of nitrogens with zero attached hydrogens (tertiary/aromatic N) is 5. The summed E-state index contributed by atoms with van der Waals surface area (Å²) in [6, 6.07) is 7.93. The van der Waals surface area contributed by atoms with Crippen molar-refractivity contribution in [2.24, 2.45) is 0 Å². The van der Waals surface area contributed by atoms with Crippen LogP contribution in [0.2, 0.25) is 0 Å². The average Bonchev–Trinajstić information content (AvgIpc) is 3.37. The molecule has 0 atom stereocenters. The molecule has 0 saturated carbocycles. The summed E-state index contributed by atoms with van der Waals surface area (Å²) in [5.74, 6) is 0.568. The first-order valence-corrected chi connectivity index (χ1v) is 11.1. The Morgan fingerprint density at radius 3 is 2.90 bits per heavy atom. The lowest BCUT2D eigenvalue weighted by Gasteiger charge is -2.16. The first-order valence-electron chi connectivity index (χ1n) is 9.23. The number of thiophene rings is 1. The maximum absolute atomic E-state index is 12.6. The number of hydrogen-bond acceptors (Lipinski definition) is 7. The minimum absolute atomic E-state index is 0.0947. The van der Waals surface area contributed by atoms with Crippen LogP contribution in [0.25, 0.3) is 15.9 Å². The zero-order chi connectivity index (χ0) is 21.3. The number of nitrogens with one attached hydrogen (secondary N) is 1. The molecule has 4 rings (SSSR count). The second kappa shape index (κ2) is 8.41. The number of H-pyrrole nitrogens is 1. The molecule has 0 radical (unpaired) electrons. The van der Waals surface area contributed by atoms with Gasteiger partial charge in [-0.2, -0.15) is 0 Å². The molecule has 3 aromatic heterocycles. The number of benzene rings is 1. The number of thioether (sulfide) groups is 1. The zero-order valence-corrected chi connectivity index (χ0v) is 18.4. The van der Waals surface area contributed by atoms with E-state index in [2.05, 4.69) is 46.1 Å². The predicted octanol–water partition coefficient (Wildman–Crippen LogP) is 2.93. The van der Waals surface area contributed by atoms with E-state index in [9.17, 15) is 9.59 Å². The number of amides is 1. The first kappa shape index (κ1) is 20.3.